The largest absolute Gasteiger partial charge is 0.472 e. The molecule has 0 fully saturated rings. The molecule has 81 heavy (non-hydrogen) atoms. The highest BCUT2D eigenvalue weighted by molar-refractivity contribution is 7.47. The number of hydrogen-bond acceptors (Lipinski definition) is 6. The highest BCUT2D eigenvalue weighted by Gasteiger charge is 2.30. The average Bonchev–Trinajstić information content (AvgIpc) is 3.43. The van der Waals surface area contributed by atoms with Gasteiger partial charge in [0.15, 0.2) is 0 Å². The van der Waals surface area contributed by atoms with Crippen LogP contribution in [0.2, 0.25) is 0 Å². The van der Waals surface area contributed by atoms with Gasteiger partial charge in [0.25, 0.3) is 0 Å². The molecule has 9 nitrogen and oxygen atoms in total. The summed E-state index contributed by atoms with van der Waals surface area (Å²) in [7, 11) is 1.48. The number of rotatable bonds is 60. The molecular formula is C71H128N2O7P+. The molecule has 0 bridgehead atoms. The minimum atomic E-state index is -4.46. The van der Waals surface area contributed by atoms with Crippen molar-refractivity contribution in [1.82, 2.24) is 5.32 Å². The first-order valence-corrected chi connectivity index (χ1v) is 35.1. The second-order valence-corrected chi connectivity index (χ2v) is 25.1. The van der Waals surface area contributed by atoms with Crippen LogP contribution in [0.3, 0.4) is 0 Å². The molecule has 0 aliphatic carbocycles. The zero-order chi connectivity index (χ0) is 59.3. The van der Waals surface area contributed by atoms with Crippen molar-refractivity contribution in [3.05, 3.63) is 97.2 Å². The molecule has 0 aromatic rings. The maximum atomic E-state index is 13.6. The Morgan fingerprint density at radius 1 is 0.444 bits per heavy atom. The number of phosphoric acid groups is 1. The number of nitrogens with one attached hydrogen (secondary N) is 1. The SMILES string of the molecule is CC/C=C\C/C=C\C/C=C\C/C=C\C/C=C\CCCCCCCC(=O)OC(/C=C/CCCCCCCCCCC)C(COP(=O)(O)OCC[N+](C)(C)C)NC(=O)CCCCCCCCCCCCCCC/C=C\C/C=C\CCCCC. The molecule has 2 N–H and O–H groups in total. The van der Waals surface area contributed by atoms with Gasteiger partial charge in [0.2, 0.25) is 5.91 Å². The second kappa shape index (κ2) is 60.1. The van der Waals surface area contributed by atoms with E-state index in [-0.39, 0.29) is 31.5 Å². The van der Waals surface area contributed by atoms with E-state index in [1.54, 1.807) is 0 Å². The van der Waals surface area contributed by atoms with E-state index in [9.17, 15) is 19.0 Å². The second-order valence-electron chi connectivity index (χ2n) is 23.6. The standard InChI is InChI=1S/C71H127N2O7P/c1-7-10-13-16-19-22-25-27-29-31-33-35-36-38-39-41-43-45-48-51-54-57-60-63-70(74)72-68(67-79-81(76,77)78-66-65-73(4,5)6)69(62-59-56-53-50-47-24-21-18-15-12-9-3)80-71(75)64-61-58-55-52-49-46-44-42-40-37-34-32-30-28-26-23-20-17-14-11-8-2/h11,14,19-20,22-23,27-30,34,37,42,44,59,62,68-69H,7-10,12-13,15-18,21,24-26,31-33,35-36,38-41,43,45-58,60-61,63-67H2,1-6H3,(H-,72,74,76,77)/p+1/b14-11-,22-19-,23-20-,29-27-,30-28-,37-34-,44-42-,62-59+. The van der Waals surface area contributed by atoms with Crippen molar-refractivity contribution in [3.8, 4) is 0 Å². The van der Waals surface area contributed by atoms with Gasteiger partial charge >= 0.3 is 13.8 Å². The van der Waals surface area contributed by atoms with E-state index >= 15 is 0 Å². The van der Waals surface area contributed by atoms with Crippen molar-refractivity contribution in [3.63, 3.8) is 0 Å². The first-order chi connectivity index (χ1) is 39.4. The fraction of sp³-hybridized carbons (Fsp3) is 0.746. The summed E-state index contributed by atoms with van der Waals surface area (Å²) < 4.78 is 30.7. The Bertz CT molecular complexity index is 1710. The monoisotopic (exact) mass is 1150 g/mol. The third-order valence-corrected chi connectivity index (χ3v) is 15.5. The van der Waals surface area contributed by atoms with Crippen molar-refractivity contribution < 1.29 is 37.3 Å². The molecule has 0 aromatic carbocycles. The predicted molar refractivity (Wildman–Crippen MR) is 350 cm³/mol. The van der Waals surface area contributed by atoms with Gasteiger partial charge in [0, 0.05) is 12.8 Å². The predicted octanol–water partition coefficient (Wildman–Crippen LogP) is 21.1. The third-order valence-electron chi connectivity index (χ3n) is 14.5. The lowest BCUT2D eigenvalue weighted by molar-refractivity contribution is -0.870. The Balaban J connectivity index is 5.14. The molecule has 0 spiro atoms. The van der Waals surface area contributed by atoms with Crippen LogP contribution < -0.4 is 5.32 Å². The van der Waals surface area contributed by atoms with Crippen molar-refractivity contribution in [2.45, 2.75) is 303 Å². The highest BCUT2D eigenvalue weighted by Crippen LogP contribution is 2.43. The number of quaternary nitrogens is 1. The van der Waals surface area contributed by atoms with Crippen LogP contribution in [0, 0.1) is 0 Å². The van der Waals surface area contributed by atoms with Crippen LogP contribution in [0.1, 0.15) is 290 Å². The van der Waals surface area contributed by atoms with Crippen LogP contribution in [0.4, 0.5) is 0 Å². The van der Waals surface area contributed by atoms with Gasteiger partial charge in [-0.25, -0.2) is 4.57 Å². The molecule has 3 unspecified atom stereocenters. The Morgan fingerprint density at radius 3 is 1.21 bits per heavy atom. The number of nitrogens with zero attached hydrogens (tertiary/aromatic N) is 1. The molecular weight excluding hydrogens is 1020 g/mol. The number of ether oxygens (including phenoxy) is 1. The fourth-order valence-corrected chi connectivity index (χ4v) is 10.1. The zero-order valence-corrected chi connectivity index (χ0v) is 54.4. The lowest BCUT2D eigenvalue weighted by Gasteiger charge is -2.27. The number of phosphoric ester groups is 1. The van der Waals surface area contributed by atoms with Crippen molar-refractivity contribution in [1.29, 1.82) is 0 Å². The number of esters is 1. The maximum Gasteiger partial charge on any atom is 0.472 e. The average molecular weight is 1150 g/mol. The van der Waals surface area contributed by atoms with Gasteiger partial charge in [0.1, 0.15) is 19.3 Å². The van der Waals surface area contributed by atoms with Crippen LogP contribution in [-0.2, 0) is 27.9 Å². The molecule has 0 saturated heterocycles. The summed E-state index contributed by atoms with van der Waals surface area (Å²) in [5, 5.41) is 3.06. The van der Waals surface area contributed by atoms with E-state index < -0.39 is 20.0 Å². The van der Waals surface area contributed by atoms with Crippen molar-refractivity contribution in [2.24, 2.45) is 0 Å². The molecule has 10 heteroatoms. The lowest BCUT2D eigenvalue weighted by Crippen LogP contribution is -2.47. The molecule has 0 radical (unpaired) electrons. The summed E-state index contributed by atoms with van der Waals surface area (Å²) in [6.07, 6.45) is 81.2. The summed E-state index contributed by atoms with van der Waals surface area (Å²) in [4.78, 5) is 37.8. The summed E-state index contributed by atoms with van der Waals surface area (Å²) in [6, 6.07) is -0.862. The topological polar surface area (TPSA) is 111 Å². The molecule has 0 rings (SSSR count). The number of carbonyl (C=O) groups is 2. The quantitative estimate of drug-likeness (QED) is 0.0205. The molecule has 0 saturated carbocycles. The number of unbranched alkanes of at least 4 members (excludes halogenated alkanes) is 30. The van der Waals surface area contributed by atoms with Crippen LogP contribution in [-0.4, -0.2) is 74.3 Å². The number of amides is 1. The fourth-order valence-electron chi connectivity index (χ4n) is 9.35. The van der Waals surface area contributed by atoms with Gasteiger partial charge in [0.05, 0.1) is 33.8 Å². The zero-order valence-electron chi connectivity index (χ0n) is 53.5. The van der Waals surface area contributed by atoms with Crippen molar-refractivity contribution in [2.75, 3.05) is 40.9 Å². The number of hydrogen-bond donors (Lipinski definition) is 2. The normalized spacial score (nSPS) is 14.2. The van der Waals surface area contributed by atoms with Gasteiger partial charge < -0.3 is 19.4 Å². The summed E-state index contributed by atoms with van der Waals surface area (Å²) in [5.74, 6) is -0.527. The summed E-state index contributed by atoms with van der Waals surface area (Å²) >= 11 is 0. The molecule has 3 atom stereocenters. The summed E-state index contributed by atoms with van der Waals surface area (Å²) in [5.41, 5.74) is 0. The van der Waals surface area contributed by atoms with Crippen LogP contribution in [0.25, 0.3) is 0 Å². The molecule has 468 valence electrons. The van der Waals surface area contributed by atoms with E-state index in [0.717, 1.165) is 109 Å². The van der Waals surface area contributed by atoms with E-state index in [2.05, 4.69) is 111 Å². The minimum absolute atomic E-state index is 0.0330. The van der Waals surface area contributed by atoms with Crippen LogP contribution in [0.5, 0.6) is 0 Å². The maximum absolute atomic E-state index is 13.6. The van der Waals surface area contributed by atoms with Gasteiger partial charge in [-0.05, 0) is 109 Å². The minimum Gasteiger partial charge on any atom is -0.456 e. The van der Waals surface area contributed by atoms with E-state index in [1.807, 2.05) is 33.3 Å². The first-order valence-electron chi connectivity index (χ1n) is 33.6. The third kappa shape index (κ3) is 61.3. The number of carbonyl (C=O) groups excluding carboxylic acids is 2. The van der Waals surface area contributed by atoms with Gasteiger partial charge in [-0.3, -0.25) is 18.6 Å². The van der Waals surface area contributed by atoms with E-state index in [1.165, 1.54) is 141 Å². The summed E-state index contributed by atoms with van der Waals surface area (Å²) in [6.45, 7) is 6.87. The lowest BCUT2D eigenvalue weighted by atomic mass is 10.0. The number of likely N-dealkylation sites (N-methyl/N-ethyl adjacent to an activating group) is 1. The smallest absolute Gasteiger partial charge is 0.456 e. The van der Waals surface area contributed by atoms with Crippen LogP contribution >= 0.6 is 7.82 Å². The number of allylic oxidation sites excluding steroid dienone is 15. The Kier molecular flexibility index (Phi) is 57.8. The Labute approximate surface area is 500 Å². The Morgan fingerprint density at radius 2 is 0.790 bits per heavy atom. The van der Waals surface area contributed by atoms with Gasteiger partial charge in [-0.1, -0.05) is 266 Å². The first kappa shape index (κ1) is 77.9. The molecule has 0 heterocycles. The molecule has 0 aromatic heterocycles. The molecule has 1 amide bonds. The Hall–Kier alpha value is -3.07. The van der Waals surface area contributed by atoms with E-state index in [0.29, 0.717) is 23.9 Å². The van der Waals surface area contributed by atoms with Crippen LogP contribution in [0.15, 0.2) is 97.2 Å². The molecule has 0 aliphatic heterocycles. The highest BCUT2D eigenvalue weighted by atomic mass is 31.2. The van der Waals surface area contributed by atoms with Crippen molar-refractivity contribution >= 4 is 19.7 Å². The molecule has 0 aliphatic rings. The van der Waals surface area contributed by atoms with Gasteiger partial charge in [-0.2, -0.15) is 0 Å². The van der Waals surface area contributed by atoms with E-state index in [4.69, 9.17) is 13.8 Å². The van der Waals surface area contributed by atoms with Gasteiger partial charge in [-0.15, -0.1) is 0 Å².